The van der Waals surface area contributed by atoms with Crippen molar-refractivity contribution in [3.63, 3.8) is 0 Å². The normalized spacial score (nSPS) is 14.9. The van der Waals surface area contributed by atoms with E-state index in [9.17, 15) is 10.2 Å². The molecule has 0 aromatic heterocycles. The monoisotopic (exact) mass is 668 g/mol. The first-order valence-electron chi connectivity index (χ1n) is 18.2. The predicted molar refractivity (Wildman–Crippen MR) is 213 cm³/mol. The Labute approximate surface area is 300 Å². The average molecular weight is 668 g/mol. The van der Waals surface area contributed by atoms with Gasteiger partial charge in [0.2, 0.25) is 0 Å². The minimum Gasteiger partial charge on any atom is -0.507 e. The maximum atomic E-state index is 13.5. The smallest absolute Gasteiger partial charge is 0.137 e. The van der Waals surface area contributed by atoms with E-state index >= 15 is 0 Å². The summed E-state index contributed by atoms with van der Waals surface area (Å²) in [5.74, 6) is 0.245. The van der Waals surface area contributed by atoms with Crippen LogP contribution < -0.4 is 0 Å². The molecule has 0 aliphatic heterocycles. The van der Waals surface area contributed by atoms with E-state index in [1.54, 1.807) is 6.21 Å². The molecule has 3 nitrogen and oxygen atoms in total. The van der Waals surface area contributed by atoms with E-state index in [1.165, 1.54) is 22.3 Å². The molecular formula is C46H69NO2. The van der Waals surface area contributed by atoms with E-state index in [1.807, 2.05) is 6.92 Å². The number of aromatic hydroxyl groups is 1. The van der Waals surface area contributed by atoms with Crippen molar-refractivity contribution in [2.75, 3.05) is 0 Å². The molecule has 1 atom stereocenters. The van der Waals surface area contributed by atoms with E-state index < -0.39 is 11.6 Å². The summed E-state index contributed by atoms with van der Waals surface area (Å²) in [5, 5.41) is 25.1. The molecule has 3 aromatic carbocycles. The average Bonchev–Trinajstić information content (AvgIpc) is 2.92. The summed E-state index contributed by atoms with van der Waals surface area (Å²) >= 11 is 0. The van der Waals surface area contributed by atoms with Crippen molar-refractivity contribution < 1.29 is 10.2 Å². The largest absolute Gasteiger partial charge is 0.507 e. The minimum atomic E-state index is -1.47. The highest BCUT2D eigenvalue weighted by molar-refractivity contribution is 5.85. The van der Waals surface area contributed by atoms with Crippen LogP contribution in [-0.4, -0.2) is 22.5 Å². The number of aliphatic imine (C=N–C) groups is 1. The Morgan fingerprint density at radius 3 is 1.02 bits per heavy atom. The lowest BCUT2D eigenvalue weighted by molar-refractivity contribution is 0.0583. The van der Waals surface area contributed by atoms with Crippen molar-refractivity contribution >= 4 is 6.21 Å². The van der Waals surface area contributed by atoms with Crippen molar-refractivity contribution in [1.82, 2.24) is 0 Å². The lowest BCUT2D eigenvalue weighted by Gasteiger charge is -2.38. The van der Waals surface area contributed by atoms with Crippen LogP contribution in [0.5, 0.6) is 5.75 Å². The first-order valence-corrected chi connectivity index (χ1v) is 18.2. The predicted octanol–water partition coefficient (Wildman–Crippen LogP) is 11.9. The molecule has 0 aliphatic carbocycles. The van der Waals surface area contributed by atoms with Crippen LogP contribution in [0.2, 0.25) is 0 Å². The van der Waals surface area contributed by atoms with Gasteiger partial charge in [-0.05, 0) is 84.4 Å². The number of hydrogen-bond donors (Lipinski definition) is 2. The summed E-state index contributed by atoms with van der Waals surface area (Å²) in [4.78, 5) is 5.16. The van der Waals surface area contributed by atoms with Crippen LogP contribution in [-0.2, 0) is 38.1 Å². The van der Waals surface area contributed by atoms with Crippen molar-refractivity contribution in [2.24, 2.45) is 4.99 Å². The van der Waals surface area contributed by atoms with Gasteiger partial charge in [-0.2, -0.15) is 0 Å². The number of rotatable bonds is 5. The Balaban J connectivity index is 2.48. The van der Waals surface area contributed by atoms with E-state index in [-0.39, 0.29) is 38.2 Å². The molecule has 0 amide bonds. The van der Waals surface area contributed by atoms with E-state index in [0.29, 0.717) is 5.56 Å². The molecule has 0 spiro atoms. The molecule has 3 aromatic rings. The number of aliphatic hydroxyl groups is 1. The second-order valence-electron chi connectivity index (χ2n) is 20.8. The quantitative estimate of drug-likeness (QED) is 0.266. The summed E-state index contributed by atoms with van der Waals surface area (Å²) in [6, 6.07) is 17.0. The molecule has 2 N–H and O–H groups in total. The molecule has 270 valence electrons. The molecule has 3 rings (SSSR count). The van der Waals surface area contributed by atoms with Crippen LogP contribution in [0.4, 0.5) is 0 Å². The van der Waals surface area contributed by atoms with Crippen LogP contribution in [0.25, 0.3) is 0 Å². The Hall–Kier alpha value is -2.91. The van der Waals surface area contributed by atoms with Crippen LogP contribution in [0, 0.1) is 0 Å². The molecule has 0 saturated heterocycles. The van der Waals surface area contributed by atoms with Crippen LogP contribution in [0.3, 0.4) is 0 Å². The number of phenolic OH excluding ortho intramolecular Hbond substituents is 1. The van der Waals surface area contributed by atoms with Crippen LogP contribution in [0.1, 0.15) is 182 Å². The number of hydrogen-bond acceptors (Lipinski definition) is 3. The number of benzene rings is 3. The Kier molecular flexibility index (Phi) is 10.8. The third-order valence-electron chi connectivity index (χ3n) is 10.1. The standard InChI is InChI=1S/C46H69NO2/c1-29(47-28-30-20-31(40(2,3)4)27-38(39(30)48)45(17,18)19)46(49,36-23-32(41(5,6)7)21-33(24-36)42(8,9)10)37-25-34(43(11,12)13)22-35(26-37)44(14,15)16/h20-29,48-49H,1-19H3/t29-/m0/s1. The second-order valence-corrected chi connectivity index (χ2v) is 20.8. The fourth-order valence-corrected chi connectivity index (χ4v) is 6.14. The highest BCUT2D eigenvalue weighted by Crippen LogP contribution is 2.43. The highest BCUT2D eigenvalue weighted by Gasteiger charge is 2.41. The zero-order chi connectivity index (χ0) is 37.9. The molecule has 3 heteroatoms. The molecule has 0 unspecified atom stereocenters. The Bertz CT molecular complexity index is 1540. The topological polar surface area (TPSA) is 52.8 Å². The maximum Gasteiger partial charge on any atom is 0.137 e. The van der Waals surface area contributed by atoms with Gasteiger partial charge in [-0.1, -0.05) is 167 Å². The van der Waals surface area contributed by atoms with Crippen molar-refractivity contribution in [3.05, 3.63) is 98.6 Å². The lowest BCUT2D eigenvalue weighted by atomic mass is 9.71. The second kappa shape index (κ2) is 13.0. The van der Waals surface area contributed by atoms with Gasteiger partial charge in [0.15, 0.2) is 0 Å². The maximum absolute atomic E-state index is 13.5. The van der Waals surface area contributed by atoms with Gasteiger partial charge in [-0.3, -0.25) is 4.99 Å². The Morgan fingerprint density at radius 1 is 0.449 bits per heavy atom. The fraction of sp³-hybridized carbons (Fsp3) is 0.587. The van der Waals surface area contributed by atoms with Crippen molar-refractivity contribution in [1.29, 1.82) is 0 Å². The molecule has 0 bridgehead atoms. The first kappa shape index (κ1) is 40.5. The van der Waals surface area contributed by atoms with Gasteiger partial charge in [0.25, 0.3) is 0 Å². The van der Waals surface area contributed by atoms with Crippen LogP contribution in [0.15, 0.2) is 53.5 Å². The molecule has 0 saturated carbocycles. The molecule has 0 fully saturated rings. The molecule has 0 radical (unpaired) electrons. The van der Waals surface area contributed by atoms with Crippen molar-refractivity contribution in [2.45, 2.75) is 176 Å². The van der Waals surface area contributed by atoms with Gasteiger partial charge >= 0.3 is 0 Å². The van der Waals surface area contributed by atoms with Gasteiger partial charge < -0.3 is 10.2 Å². The first-order chi connectivity index (χ1) is 21.8. The summed E-state index contributed by atoms with van der Waals surface area (Å²) in [6.07, 6.45) is 1.78. The lowest BCUT2D eigenvalue weighted by Crippen LogP contribution is -2.39. The summed E-state index contributed by atoms with van der Waals surface area (Å²) < 4.78 is 0. The van der Waals surface area contributed by atoms with E-state index in [2.05, 4.69) is 173 Å². The third-order valence-corrected chi connectivity index (χ3v) is 10.1. The van der Waals surface area contributed by atoms with Gasteiger partial charge in [-0.25, -0.2) is 0 Å². The fourth-order valence-electron chi connectivity index (χ4n) is 6.14. The summed E-state index contributed by atoms with van der Waals surface area (Å²) in [5.41, 5.74) is 6.73. The number of phenols is 1. The minimum absolute atomic E-state index is 0.115. The zero-order valence-electron chi connectivity index (χ0n) is 34.6. The summed E-state index contributed by atoms with van der Waals surface area (Å²) in [6.45, 7) is 41.7. The van der Waals surface area contributed by atoms with E-state index in [4.69, 9.17) is 4.99 Å². The third kappa shape index (κ3) is 9.07. The van der Waals surface area contributed by atoms with Gasteiger partial charge in [0.05, 0.1) is 6.04 Å². The SMILES string of the molecule is C[C@H](N=Cc1cc(C(C)(C)C)cc(C(C)(C)C)c1O)C(O)(c1cc(C(C)(C)C)cc(C(C)(C)C)c1)c1cc(C(C)(C)C)cc(C(C)(C)C)c1. The number of nitrogens with zero attached hydrogens (tertiary/aromatic N) is 1. The van der Waals surface area contributed by atoms with Gasteiger partial charge in [-0.15, -0.1) is 0 Å². The van der Waals surface area contributed by atoms with E-state index in [0.717, 1.165) is 22.3 Å². The zero-order valence-corrected chi connectivity index (χ0v) is 34.6. The van der Waals surface area contributed by atoms with Gasteiger partial charge in [0.1, 0.15) is 11.4 Å². The molecule has 49 heavy (non-hydrogen) atoms. The highest BCUT2D eigenvalue weighted by atomic mass is 16.3. The Morgan fingerprint density at radius 2 is 0.735 bits per heavy atom. The van der Waals surface area contributed by atoms with Gasteiger partial charge in [0, 0.05) is 17.3 Å². The molecular weight excluding hydrogens is 599 g/mol. The summed E-state index contributed by atoms with van der Waals surface area (Å²) in [7, 11) is 0. The van der Waals surface area contributed by atoms with Crippen LogP contribution >= 0.6 is 0 Å². The molecule has 0 aliphatic rings. The van der Waals surface area contributed by atoms with Crippen molar-refractivity contribution in [3.8, 4) is 5.75 Å². The molecule has 0 heterocycles.